The van der Waals surface area contributed by atoms with Crippen LogP contribution in [0.3, 0.4) is 0 Å². The number of pyridine rings is 1. The third-order valence-electron chi connectivity index (χ3n) is 5.01. The zero-order chi connectivity index (χ0) is 21.5. The number of fused-ring (bicyclic) bond motifs is 1. The predicted octanol–water partition coefficient (Wildman–Crippen LogP) is 4.37. The Hall–Kier alpha value is -3.41. The van der Waals surface area contributed by atoms with Crippen molar-refractivity contribution in [1.29, 1.82) is 0 Å². The van der Waals surface area contributed by atoms with Gasteiger partial charge in [-0.05, 0) is 49.2 Å². The molecule has 0 spiro atoms. The fourth-order valence-electron chi connectivity index (χ4n) is 3.22. The zero-order valence-electron chi connectivity index (χ0n) is 17.5. The lowest BCUT2D eigenvalue weighted by Crippen LogP contribution is -2.36. The molecule has 1 heterocycles. The molecule has 156 valence electrons. The second-order valence-corrected chi connectivity index (χ2v) is 6.96. The van der Waals surface area contributed by atoms with Crippen LogP contribution in [-0.4, -0.2) is 36.6 Å². The van der Waals surface area contributed by atoms with E-state index in [9.17, 15) is 9.59 Å². The summed E-state index contributed by atoms with van der Waals surface area (Å²) >= 11 is 0. The third-order valence-corrected chi connectivity index (χ3v) is 5.01. The van der Waals surface area contributed by atoms with E-state index in [0.29, 0.717) is 22.2 Å². The van der Waals surface area contributed by atoms with Gasteiger partial charge in [0.05, 0.1) is 23.9 Å². The fourth-order valence-corrected chi connectivity index (χ4v) is 3.22. The lowest BCUT2D eigenvalue weighted by molar-refractivity contribution is -0.125. The van der Waals surface area contributed by atoms with Crippen molar-refractivity contribution in [2.24, 2.45) is 0 Å². The van der Waals surface area contributed by atoms with Gasteiger partial charge in [-0.15, -0.1) is 0 Å². The SMILES string of the molecule is CCC(CC)NC(=O)COC(=O)c1cc(-c2ccc(OC)cc2)nc2ccccc12. The van der Waals surface area contributed by atoms with E-state index in [-0.39, 0.29) is 18.6 Å². The lowest BCUT2D eigenvalue weighted by Gasteiger charge is -2.15. The lowest BCUT2D eigenvalue weighted by atomic mass is 10.0. The average molecular weight is 406 g/mol. The van der Waals surface area contributed by atoms with E-state index in [1.807, 2.05) is 62.4 Å². The number of carbonyl (C=O) groups is 2. The summed E-state index contributed by atoms with van der Waals surface area (Å²) in [4.78, 5) is 29.6. The fraction of sp³-hybridized carbons (Fsp3) is 0.292. The van der Waals surface area contributed by atoms with Gasteiger partial charge in [0.25, 0.3) is 5.91 Å². The second kappa shape index (κ2) is 9.87. The first-order valence-corrected chi connectivity index (χ1v) is 10.1. The molecule has 1 N–H and O–H groups in total. The van der Waals surface area contributed by atoms with Gasteiger partial charge in [0, 0.05) is 17.0 Å². The summed E-state index contributed by atoms with van der Waals surface area (Å²) in [5.74, 6) is -0.114. The molecule has 1 amide bonds. The summed E-state index contributed by atoms with van der Waals surface area (Å²) in [5, 5.41) is 3.55. The Bertz CT molecular complexity index is 1030. The van der Waals surface area contributed by atoms with Crippen LogP contribution in [0.5, 0.6) is 5.75 Å². The van der Waals surface area contributed by atoms with Crippen molar-refractivity contribution >= 4 is 22.8 Å². The molecule has 1 aromatic heterocycles. The van der Waals surface area contributed by atoms with Gasteiger partial charge < -0.3 is 14.8 Å². The first-order valence-electron chi connectivity index (χ1n) is 10.1. The number of methoxy groups -OCH3 is 1. The van der Waals surface area contributed by atoms with Crippen LogP contribution in [0, 0.1) is 0 Å². The van der Waals surface area contributed by atoms with Gasteiger partial charge in [0.1, 0.15) is 5.75 Å². The van der Waals surface area contributed by atoms with Crippen LogP contribution in [-0.2, 0) is 9.53 Å². The number of nitrogens with zero attached hydrogens (tertiary/aromatic N) is 1. The molecule has 2 aromatic carbocycles. The number of amides is 1. The molecule has 0 fully saturated rings. The average Bonchev–Trinajstić information content (AvgIpc) is 2.80. The summed E-state index contributed by atoms with van der Waals surface area (Å²) in [6, 6.07) is 16.6. The molecule has 30 heavy (non-hydrogen) atoms. The summed E-state index contributed by atoms with van der Waals surface area (Å²) in [6.45, 7) is 3.69. The summed E-state index contributed by atoms with van der Waals surface area (Å²) in [5.41, 5.74) is 2.55. The quantitative estimate of drug-likeness (QED) is 0.562. The van der Waals surface area contributed by atoms with E-state index in [0.717, 1.165) is 24.2 Å². The second-order valence-electron chi connectivity index (χ2n) is 6.96. The van der Waals surface area contributed by atoms with E-state index < -0.39 is 5.97 Å². The maximum Gasteiger partial charge on any atom is 0.339 e. The minimum atomic E-state index is -0.553. The Balaban J connectivity index is 1.86. The van der Waals surface area contributed by atoms with Crippen molar-refractivity contribution in [2.45, 2.75) is 32.7 Å². The van der Waals surface area contributed by atoms with E-state index in [2.05, 4.69) is 10.3 Å². The summed E-state index contributed by atoms with van der Waals surface area (Å²) < 4.78 is 10.5. The Labute approximate surface area is 176 Å². The number of rotatable bonds is 8. The standard InChI is InChI=1S/C24H26N2O4/c1-4-17(5-2)25-23(27)15-30-24(28)20-14-22(16-10-12-18(29-3)13-11-16)26-21-9-7-6-8-19(20)21/h6-14,17H,4-5,15H2,1-3H3,(H,25,27). The van der Waals surface area contributed by atoms with Crippen LogP contribution in [0.4, 0.5) is 0 Å². The number of para-hydroxylation sites is 1. The van der Waals surface area contributed by atoms with Crippen molar-refractivity contribution in [3.8, 4) is 17.0 Å². The highest BCUT2D eigenvalue weighted by molar-refractivity contribution is 6.05. The molecule has 3 aromatic rings. The van der Waals surface area contributed by atoms with Crippen molar-refractivity contribution < 1.29 is 19.1 Å². The zero-order valence-corrected chi connectivity index (χ0v) is 17.5. The molecule has 0 saturated heterocycles. The van der Waals surface area contributed by atoms with Crippen LogP contribution in [0.1, 0.15) is 37.0 Å². The summed E-state index contributed by atoms with van der Waals surface area (Å²) in [7, 11) is 1.61. The molecular formula is C24H26N2O4. The number of benzene rings is 2. The third kappa shape index (κ3) is 4.95. The van der Waals surface area contributed by atoms with Gasteiger partial charge in [-0.25, -0.2) is 9.78 Å². The monoisotopic (exact) mass is 406 g/mol. The Morgan fingerprint density at radius 3 is 2.40 bits per heavy atom. The number of aromatic nitrogens is 1. The largest absolute Gasteiger partial charge is 0.497 e. The minimum Gasteiger partial charge on any atom is -0.497 e. The van der Waals surface area contributed by atoms with Crippen LogP contribution in [0.15, 0.2) is 54.6 Å². The van der Waals surface area contributed by atoms with Crippen LogP contribution in [0.2, 0.25) is 0 Å². The van der Waals surface area contributed by atoms with Gasteiger partial charge in [-0.1, -0.05) is 32.0 Å². The van der Waals surface area contributed by atoms with Gasteiger partial charge in [0.15, 0.2) is 6.61 Å². The van der Waals surface area contributed by atoms with Crippen molar-refractivity contribution in [1.82, 2.24) is 10.3 Å². The molecular weight excluding hydrogens is 380 g/mol. The van der Waals surface area contributed by atoms with Gasteiger partial charge in [-0.3, -0.25) is 4.79 Å². The molecule has 0 aliphatic rings. The first kappa shape index (κ1) is 21.3. The number of esters is 1. The minimum absolute atomic E-state index is 0.0830. The molecule has 3 rings (SSSR count). The van der Waals surface area contributed by atoms with Crippen molar-refractivity contribution in [3.05, 3.63) is 60.2 Å². The molecule has 0 aliphatic heterocycles. The van der Waals surface area contributed by atoms with Gasteiger partial charge >= 0.3 is 5.97 Å². The molecule has 0 bridgehead atoms. The molecule has 6 nitrogen and oxygen atoms in total. The smallest absolute Gasteiger partial charge is 0.339 e. The predicted molar refractivity (Wildman–Crippen MR) is 117 cm³/mol. The van der Waals surface area contributed by atoms with Crippen LogP contribution in [0.25, 0.3) is 22.2 Å². The van der Waals surface area contributed by atoms with Gasteiger partial charge in [0.2, 0.25) is 0 Å². The Kier molecular flexibility index (Phi) is 7.01. The highest BCUT2D eigenvalue weighted by atomic mass is 16.5. The maximum absolute atomic E-state index is 12.8. The first-order chi connectivity index (χ1) is 14.5. The molecule has 6 heteroatoms. The topological polar surface area (TPSA) is 77.5 Å². The van der Waals surface area contributed by atoms with Crippen LogP contribution < -0.4 is 10.1 Å². The van der Waals surface area contributed by atoms with E-state index >= 15 is 0 Å². The molecule has 0 aliphatic carbocycles. The van der Waals surface area contributed by atoms with Crippen LogP contribution >= 0.6 is 0 Å². The molecule has 0 radical (unpaired) electrons. The van der Waals surface area contributed by atoms with E-state index in [1.54, 1.807) is 13.2 Å². The van der Waals surface area contributed by atoms with Crippen molar-refractivity contribution in [2.75, 3.05) is 13.7 Å². The highest BCUT2D eigenvalue weighted by Gasteiger charge is 2.17. The maximum atomic E-state index is 12.8. The number of carbonyl (C=O) groups excluding carboxylic acids is 2. The number of ether oxygens (including phenoxy) is 2. The Morgan fingerprint density at radius 2 is 1.73 bits per heavy atom. The highest BCUT2D eigenvalue weighted by Crippen LogP contribution is 2.26. The number of hydrogen-bond donors (Lipinski definition) is 1. The van der Waals surface area contributed by atoms with E-state index in [4.69, 9.17) is 9.47 Å². The normalized spacial score (nSPS) is 10.8. The van der Waals surface area contributed by atoms with E-state index in [1.165, 1.54) is 0 Å². The number of hydrogen-bond acceptors (Lipinski definition) is 5. The van der Waals surface area contributed by atoms with Gasteiger partial charge in [-0.2, -0.15) is 0 Å². The Morgan fingerprint density at radius 1 is 1.03 bits per heavy atom. The molecule has 0 unspecified atom stereocenters. The van der Waals surface area contributed by atoms with Crippen molar-refractivity contribution in [3.63, 3.8) is 0 Å². The summed E-state index contributed by atoms with van der Waals surface area (Å²) in [6.07, 6.45) is 1.66. The molecule has 0 atom stereocenters. The number of nitrogens with one attached hydrogen (secondary N) is 1. The molecule has 0 saturated carbocycles.